The molecule has 0 saturated carbocycles. The van der Waals surface area contributed by atoms with Crippen molar-refractivity contribution in [2.45, 2.75) is 19.1 Å². The summed E-state index contributed by atoms with van der Waals surface area (Å²) in [5, 5.41) is 11.5. The first-order valence-corrected chi connectivity index (χ1v) is 7.78. The van der Waals surface area contributed by atoms with E-state index in [2.05, 4.69) is 10.3 Å². The van der Waals surface area contributed by atoms with Crippen molar-refractivity contribution in [2.24, 2.45) is 4.99 Å². The largest absolute Gasteiger partial charge is 0.481 e. The molecule has 2 aliphatic heterocycles. The monoisotopic (exact) mass is 330 g/mol. The molecule has 2 aliphatic rings. The van der Waals surface area contributed by atoms with Crippen LogP contribution in [0.1, 0.15) is 6.92 Å². The van der Waals surface area contributed by atoms with Crippen LogP contribution in [0.15, 0.2) is 4.99 Å². The standard InChI is InChI=1S/C12H18N4O5S/c1-3-21-5-4-16-8-9(13-12(16)22-6-7(17)18)15(2)11(20)14-10(8)19/h8-9H,3-6H2,1-2H3,(H,17,18)(H,14,19,20). The van der Waals surface area contributed by atoms with Crippen LogP contribution < -0.4 is 5.32 Å². The van der Waals surface area contributed by atoms with Crippen LogP contribution >= 0.6 is 11.8 Å². The number of carbonyl (C=O) groups excluding carboxylic acids is 2. The van der Waals surface area contributed by atoms with Gasteiger partial charge in [-0.3, -0.25) is 14.9 Å². The van der Waals surface area contributed by atoms with E-state index in [1.54, 1.807) is 11.9 Å². The number of likely N-dealkylation sites (N-methyl/N-ethyl adjacent to an activating group) is 1. The molecule has 0 aromatic heterocycles. The molecule has 2 N–H and O–H groups in total. The third-order valence-corrected chi connectivity index (χ3v) is 4.32. The number of hydrogen-bond donors (Lipinski definition) is 2. The highest BCUT2D eigenvalue weighted by atomic mass is 32.2. The molecule has 9 nitrogen and oxygen atoms in total. The number of carbonyl (C=O) groups is 3. The molecule has 22 heavy (non-hydrogen) atoms. The number of ether oxygens (including phenoxy) is 1. The van der Waals surface area contributed by atoms with Gasteiger partial charge in [-0.05, 0) is 6.92 Å². The fourth-order valence-electron chi connectivity index (χ4n) is 2.29. The lowest BCUT2D eigenvalue weighted by Crippen LogP contribution is -2.63. The Balaban J connectivity index is 2.18. The van der Waals surface area contributed by atoms with Gasteiger partial charge < -0.3 is 19.6 Å². The van der Waals surface area contributed by atoms with Gasteiger partial charge in [-0.1, -0.05) is 11.8 Å². The molecule has 2 rings (SSSR count). The number of amides is 3. The van der Waals surface area contributed by atoms with E-state index in [4.69, 9.17) is 9.84 Å². The first-order chi connectivity index (χ1) is 10.5. The van der Waals surface area contributed by atoms with Crippen LogP contribution in [0.3, 0.4) is 0 Å². The number of thioether (sulfide) groups is 1. The summed E-state index contributed by atoms with van der Waals surface area (Å²) in [5.74, 6) is -1.57. The highest BCUT2D eigenvalue weighted by Crippen LogP contribution is 2.28. The topological polar surface area (TPSA) is 112 Å². The number of aliphatic imine (C=N–C) groups is 1. The average molecular weight is 330 g/mol. The Morgan fingerprint density at radius 2 is 2.23 bits per heavy atom. The maximum Gasteiger partial charge on any atom is 0.325 e. The Hall–Kier alpha value is -1.81. The molecule has 0 aliphatic carbocycles. The van der Waals surface area contributed by atoms with Crippen LogP contribution in [0.4, 0.5) is 4.79 Å². The number of imide groups is 1. The van der Waals surface area contributed by atoms with Crippen molar-refractivity contribution >= 4 is 34.8 Å². The summed E-state index contributed by atoms with van der Waals surface area (Å²) in [4.78, 5) is 41.9. The molecule has 0 bridgehead atoms. The van der Waals surface area contributed by atoms with Gasteiger partial charge in [0.2, 0.25) is 0 Å². The molecule has 1 saturated heterocycles. The molecular formula is C12H18N4O5S. The number of carboxylic acids is 1. The number of carboxylic acid groups (broad SMARTS) is 1. The summed E-state index contributed by atoms with van der Waals surface area (Å²) in [6.07, 6.45) is -0.640. The smallest absolute Gasteiger partial charge is 0.325 e. The van der Waals surface area contributed by atoms with Gasteiger partial charge in [0.15, 0.2) is 17.4 Å². The van der Waals surface area contributed by atoms with Crippen LogP contribution in [-0.2, 0) is 14.3 Å². The lowest BCUT2D eigenvalue weighted by Gasteiger charge is -2.36. The maximum absolute atomic E-state index is 12.1. The van der Waals surface area contributed by atoms with Crippen LogP contribution in [0.2, 0.25) is 0 Å². The molecule has 10 heteroatoms. The van der Waals surface area contributed by atoms with Crippen LogP contribution in [0, 0.1) is 0 Å². The van der Waals surface area contributed by atoms with E-state index in [0.717, 1.165) is 11.8 Å². The second-order valence-electron chi connectivity index (χ2n) is 4.75. The number of urea groups is 1. The molecule has 0 aromatic rings. The minimum absolute atomic E-state index is 0.164. The third-order valence-electron chi connectivity index (χ3n) is 3.33. The summed E-state index contributed by atoms with van der Waals surface area (Å²) in [7, 11) is 1.55. The van der Waals surface area contributed by atoms with Gasteiger partial charge in [0.25, 0.3) is 5.91 Å². The SMILES string of the molecule is CCOCCN1C(SCC(=O)O)=NC2C1C(=O)NC(=O)N2C. The minimum Gasteiger partial charge on any atom is -0.481 e. The fraction of sp³-hybridized carbons (Fsp3) is 0.667. The normalized spacial score (nSPS) is 24.2. The molecule has 3 amide bonds. The van der Waals surface area contributed by atoms with Crippen molar-refractivity contribution in [3.8, 4) is 0 Å². The molecular weight excluding hydrogens is 312 g/mol. The number of nitrogens with one attached hydrogen (secondary N) is 1. The Morgan fingerprint density at radius 1 is 1.50 bits per heavy atom. The molecule has 0 spiro atoms. The van der Waals surface area contributed by atoms with E-state index < -0.39 is 30.1 Å². The van der Waals surface area contributed by atoms with Gasteiger partial charge in [0, 0.05) is 20.2 Å². The van der Waals surface area contributed by atoms with E-state index in [1.165, 1.54) is 4.90 Å². The quantitative estimate of drug-likeness (QED) is 0.625. The van der Waals surface area contributed by atoms with E-state index >= 15 is 0 Å². The van der Waals surface area contributed by atoms with Crippen molar-refractivity contribution in [2.75, 3.05) is 32.6 Å². The van der Waals surface area contributed by atoms with E-state index in [0.29, 0.717) is 24.9 Å². The second kappa shape index (κ2) is 6.97. The average Bonchev–Trinajstić information content (AvgIpc) is 2.82. The van der Waals surface area contributed by atoms with E-state index in [9.17, 15) is 14.4 Å². The van der Waals surface area contributed by atoms with Crippen molar-refractivity contribution in [1.82, 2.24) is 15.1 Å². The third kappa shape index (κ3) is 3.33. The molecule has 122 valence electrons. The Bertz CT molecular complexity index is 512. The van der Waals surface area contributed by atoms with Gasteiger partial charge in [-0.25, -0.2) is 9.79 Å². The highest BCUT2D eigenvalue weighted by Gasteiger charge is 2.48. The van der Waals surface area contributed by atoms with Crippen molar-refractivity contribution < 1.29 is 24.2 Å². The minimum atomic E-state index is -0.971. The van der Waals surface area contributed by atoms with Gasteiger partial charge in [-0.2, -0.15) is 0 Å². The number of amidine groups is 1. The number of nitrogens with zero attached hydrogens (tertiary/aromatic N) is 3. The number of fused-ring (bicyclic) bond motifs is 1. The van der Waals surface area contributed by atoms with Crippen molar-refractivity contribution in [3.63, 3.8) is 0 Å². The highest BCUT2D eigenvalue weighted by molar-refractivity contribution is 8.14. The summed E-state index contributed by atoms with van der Waals surface area (Å²) in [6, 6.07) is -1.16. The van der Waals surface area contributed by atoms with Gasteiger partial charge in [0.1, 0.15) is 0 Å². The Morgan fingerprint density at radius 3 is 2.86 bits per heavy atom. The van der Waals surface area contributed by atoms with E-state index in [-0.39, 0.29) is 5.75 Å². The zero-order valence-electron chi connectivity index (χ0n) is 12.3. The summed E-state index contributed by atoms with van der Waals surface area (Å²) in [6.45, 7) is 3.19. The summed E-state index contributed by atoms with van der Waals surface area (Å²) >= 11 is 1.03. The molecule has 0 aromatic carbocycles. The predicted octanol–water partition coefficient (Wildman–Crippen LogP) is -0.611. The molecule has 0 radical (unpaired) electrons. The van der Waals surface area contributed by atoms with Gasteiger partial charge >= 0.3 is 12.0 Å². The fourth-order valence-corrected chi connectivity index (χ4v) is 3.10. The maximum atomic E-state index is 12.1. The first-order valence-electron chi connectivity index (χ1n) is 6.80. The molecule has 2 unspecified atom stereocenters. The van der Waals surface area contributed by atoms with Crippen LogP contribution in [0.5, 0.6) is 0 Å². The van der Waals surface area contributed by atoms with Crippen molar-refractivity contribution in [3.05, 3.63) is 0 Å². The van der Waals surface area contributed by atoms with E-state index in [1.807, 2.05) is 6.92 Å². The van der Waals surface area contributed by atoms with Gasteiger partial charge in [0.05, 0.1) is 12.4 Å². The zero-order chi connectivity index (χ0) is 16.3. The van der Waals surface area contributed by atoms with Crippen LogP contribution in [0.25, 0.3) is 0 Å². The molecule has 2 atom stereocenters. The Labute approximate surface area is 131 Å². The number of aliphatic carboxylic acids is 1. The van der Waals surface area contributed by atoms with Crippen molar-refractivity contribution in [1.29, 1.82) is 0 Å². The number of rotatable bonds is 6. The predicted molar refractivity (Wildman–Crippen MR) is 79.6 cm³/mol. The molecule has 1 fully saturated rings. The second-order valence-corrected chi connectivity index (χ2v) is 5.69. The molecule has 2 heterocycles. The Kier molecular flexibility index (Phi) is 5.24. The first kappa shape index (κ1) is 16.6. The van der Waals surface area contributed by atoms with Crippen LogP contribution in [-0.4, -0.2) is 82.7 Å². The lowest BCUT2D eigenvalue weighted by atomic mass is 10.1. The summed E-state index contributed by atoms with van der Waals surface area (Å²) in [5.41, 5.74) is 0. The van der Waals surface area contributed by atoms with Gasteiger partial charge in [-0.15, -0.1) is 0 Å². The zero-order valence-corrected chi connectivity index (χ0v) is 13.1. The summed E-state index contributed by atoms with van der Waals surface area (Å²) < 4.78 is 5.30. The number of hydrogen-bond acceptors (Lipinski definition) is 7. The lowest BCUT2D eigenvalue weighted by molar-refractivity contribution is -0.134.